The molecular formula is C9H14N2O3. The molecule has 5 heteroatoms. The molecule has 1 aliphatic rings. The van der Waals surface area contributed by atoms with E-state index in [0.29, 0.717) is 5.57 Å². The Kier molecular flexibility index (Phi) is 3.64. The highest BCUT2D eigenvalue weighted by atomic mass is 16.4. The highest BCUT2D eigenvalue weighted by molar-refractivity contribution is 5.94. The third-order valence-corrected chi connectivity index (χ3v) is 2.17. The number of carboxylic acids is 1. The van der Waals surface area contributed by atoms with Crippen molar-refractivity contribution in [3.63, 3.8) is 0 Å². The molecule has 1 fully saturated rings. The first kappa shape index (κ1) is 10.7. The molecular weight excluding hydrogens is 184 g/mol. The summed E-state index contributed by atoms with van der Waals surface area (Å²) in [6.07, 6.45) is -0.0351. The molecule has 0 unspecified atom stereocenters. The minimum absolute atomic E-state index is 0.0351. The van der Waals surface area contributed by atoms with Gasteiger partial charge in [-0.25, -0.2) is 0 Å². The molecule has 0 aliphatic carbocycles. The van der Waals surface area contributed by atoms with Crippen molar-refractivity contribution in [2.24, 2.45) is 0 Å². The summed E-state index contributed by atoms with van der Waals surface area (Å²) in [5.41, 5.74) is 1.80. The molecule has 14 heavy (non-hydrogen) atoms. The van der Waals surface area contributed by atoms with Crippen LogP contribution in [0.3, 0.4) is 0 Å². The molecule has 5 nitrogen and oxygen atoms in total. The molecule has 0 saturated carbocycles. The van der Waals surface area contributed by atoms with Crippen LogP contribution in [0, 0.1) is 0 Å². The van der Waals surface area contributed by atoms with Gasteiger partial charge in [0.25, 0.3) is 0 Å². The standard InChI is InChI=1S/C9H14N2O3/c1-6(7-4-10-5-7)9(14)11-3-2-8(12)13/h10H,2-5H2,1H3,(H,11,14)(H,12,13). The van der Waals surface area contributed by atoms with E-state index in [4.69, 9.17) is 5.11 Å². The van der Waals surface area contributed by atoms with Crippen molar-refractivity contribution in [3.05, 3.63) is 11.1 Å². The van der Waals surface area contributed by atoms with Gasteiger partial charge in [0, 0.05) is 25.2 Å². The van der Waals surface area contributed by atoms with Crippen molar-refractivity contribution in [2.45, 2.75) is 13.3 Å². The molecule has 1 rings (SSSR count). The van der Waals surface area contributed by atoms with E-state index in [1.807, 2.05) is 0 Å². The van der Waals surface area contributed by atoms with Gasteiger partial charge in [0.05, 0.1) is 6.42 Å². The van der Waals surface area contributed by atoms with Crippen LogP contribution in [0.5, 0.6) is 0 Å². The van der Waals surface area contributed by atoms with Crippen LogP contribution in [0.2, 0.25) is 0 Å². The molecule has 3 N–H and O–H groups in total. The summed E-state index contributed by atoms with van der Waals surface area (Å²) in [5.74, 6) is -1.07. The zero-order chi connectivity index (χ0) is 10.6. The monoisotopic (exact) mass is 198 g/mol. The molecule has 0 aromatic carbocycles. The van der Waals surface area contributed by atoms with Gasteiger partial charge in [-0.05, 0) is 12.5 Å². The lowest BCUT2D eigenvalue weighted by Gasteiger charge is -2.21. The maximum absolute atomic E-state index is 11.4. The number of nitrogens with one attached hydrogen (secondary N) is 2. The summed E-state index contributed by atoms with van der Waals surface area (Å²) >= 11 is 0. The first-order chi connectivity index (χ1) is 6.61. The Balaban J connectivity index is 2.31. The third-order valence-electron chi connectivity index (χ3n) is 2.17. The van der Waals surface area contributed by atoms with Crippen LogP contribution in [0.25, 0.3) is 0 Å². The zero-order valence-electron chi connectivity index (χ0n) is 8.09. The molecule has 0 aromatic rings. The van der Waals surface area contributed by atoms with Gasteiger partial charge in [-0.2, -0.15) is 0 Å². The van der Waals surface area contributed by atoms with Gasteiger partial charge in [-0.15, -0.1) is 0 Å². The number of carboxylic acid groups (broad SMARTS) is 1. The van der Waals surface area contributed by atoms with E-state index in [9.17, 15) is 9.59 Å². The van der Waals surface area contributed by atoms with Gasteiger partial charge in [0.1, 0.15) is 0 Å². The number of hydrogen-bond acceptors (Lipinski definition) is 3. The largest absolute Gasteiger partial charge is 0.481 e. The van der Waals surface area contributed by atoms with Crippen molar-refractivity contribution < 1.29 is 14.7 Å². The fourth-order valence-electron chi connectivity index (χ4n) is 1.09. The molecule has 1 saturated heterocycles. The van der Waals surface area contributed by atoms with Gasteiger partial charge in [-0.1, -0.05) is 0 Å². The highest BCUT2D eigenvalue weighted by Gasteiger charge is 2.15. The van der Waals surface area contributed by atoms with Crippen LogP contribution < -0.4 is 10.6 Å². The molecule has 0 bridgehead atoms. The van der Waals surface area contributed by atoms with Gasteiger partial charge in [0.2, 0.25) is 5.91 Å². The fraction of sp³-hybridized carbons (Fsp3) is 0.556. The van der Waals surface area contributed by atoms with Crippen molar-refractivity contribution in [3.8, 4) is 0 Å². The number of rotatable bonds is 4. The number of amides is 1. The predicted octanol–water partition coefficient (Wildman–Crippen LogP) is -0.503. The summed E-state index contributed by atoms with van der Waals surface area (Å²) in [6.45, 7) is 3.47. The number of aliphatic carboxylic acids is 1. The second kappa shape index (κ2) is 4.76. The normalized spacial score (nSPS) is 14.5. The van der Waals surface area contributed by atoms with Crippen LogP contribution in [0.1, 0.15) is 13.3 Å². The number of hydrogen-bond donors (Lipinski definition) is 3. The summed E-state index contributed by atoms with van der Waals surface area (Å²) in [5, 5.41) is 14.0. The molecule has 1 amide bonds. The zero-order valence-corrected chi connectivity index (χ0v) is 8.09. The van der Waals surface area contributed by atoms with Crippen LogP contribution in [-0.2, 0) is 9.59 Å². The van der Waals surface area contributed by atoms with E-state index >= 15 is 0 Å². The Bertz CT molecular complexity index is 278. The van der Waals surface area contributed by atoms with Crippen LogP contribution in [-0.4, -0.2) is 36.6 Å². The maximum Gasteiger partial charge on any atom is 0.305 e. The average molecular weight is 198 g/mol. The van der Waals surface area contributed by atoms with Crippen molar-refractivity contribution in [1.29, 1.82) is 0 Å². The van der Waals surface area contributed by atoms with Crippen molar-refractivity contribution in [2.75, 3.05) is 19.6 Å². The summed E-state index contributed by atoms with van der Waals surface area (Å²) in [7, 11) is 0. The van der Waals surface area contributed by atoms with Gasteiger partial charge in [0.15, 0.2) is 0 Å². The lowest BCUT2D eigenvalue weighted by molar-refractivity contribution is -0.136. The minimum atomic E-state index is -0.902. The first-order valence-corrected chi connectivity index (χ1v) is 4.50. The molecule has 1 aliphatic heterocycles. The lowest BCUT2D eigenvalue weighted by Crippen LogP contribution is -2.38. The fourth-order valence-corrected chi connectivity index (χ4v) is 1.09. The Labute approximate surface area is 82.2 Å². The van der Waals surface area contributed by atoms with E-state index in [1.165, 1.54) is 0 Å². The topological polar surface area (TPSA) is 78.4 Å². The van der Waals surface area contributed by atoms with Crippen molar-refractivity contribution in [1.82, 2.24) is 10.6 Å². The van der Waals surface area contributed by atoms with Gasteiger partial charge >= 0.3 is 5.97 Å². The molecule has 78 valence electrons. The summed E-state index contributed by atoms with van der Waals surface area (Å²) in [6, 6.07) is 0. The van der Waals surface area contributed by atoms with E-state index in [-0.39, 0.29) is 18.9 Å². The smallest absolute Gasteiger partial charge is 0.305 e. The van der Waals surface area contributed by atoms with Gasteiger partial charge in [-0.3, -0.25) is 9.59 Å². The van der Waals surface area contributed by atoms with E-state index in [2.05, 4.69) is 10.6 Å². The second-order valence-corrected chi connectivity index (χ2v) is 3.23. The summed E-state index contributed by atoms with van der Waals surface area (Å²) in [4.78, 5) is 21.5. The van der Waals surface area contributed by atoms with Crippen LogP contribution in [0.15, 0.2) is 11.1 Å². The molecule has 0 radical (unpaired) electrons. The SMILES string of the molecule is CC(C(=O)NCCC(=O)O)=C1CNC1. The van der Waals surface area contributed by atoms with Crippen molar-refractivity contribution >= 4 is 11.9 Å². The Morgan fingerprint density at radius 1 is 1.50 bits per heavy atom. The number of carbonyl (C=O) groups excluding carboxylic acids is 1. The Morgan fingerprint density at radius 3 is 2.57 bits per heavy atom. The second-order valence-electron chi connectivity index (χ2n) is 3.23. The van der Waals surface area contributed by atoms with Gasteiger partial charge < -0.3 is 15.7 Å². The third kappa shape index (κ3) is 2.85. The Morgan fingerprint density at radius 2 is 2.14 bits per heavy atom. The van der Waals surface area contributed by atoms with Crippen LogP contribution >= 0.6 is 0 Å². The predicted molar refractivity (Wildman–Crippen MR) is 50.8 cm³/mol. The minimum Gasteiger partial charge on any atom is -0.481 e. The van der Waals surface area contributed by atoms with E-state index in [0.717, 1.165) is 18.7 Å². The molecule has 0 aromatic heterocycles. The maximum atomic E-state index is 11.4. The quantitative estimate of drug-likeness (QED) is 0.532. The van der Waals surface area contributed by atoms with E-state index in [1.54, 1.807) is 6.92 Å². The summed E-state index contributed by atoms with van der Waals surface area (Å²) < 4.78 is 0. The Hall–Kier alpha value is -1.36. The lowest BCUT2D eigenvalue weighted by atomic mass is 10.0. The average Bonchev–Trinajstić information content (AvgIpc) is 2.00. The number of carbonyl (C=O) groups is 2. The molecule has 1 heterocycles. The highest BCUT2D eigenvalue weighted by Crippen LogP contribution is 2.08. The van der Waals surface area contributed by atoms with E-state index < -0.39 is 5.97 Å². The first-order valence-electron chi connectivity index (χ1n) is 4.50. The molecule has 0 spiro atoms. The molecule has 0 atom stereocenters. The van der Waals surface area contributed by atoms with Crippen LogP contribution in [0.4, 0.5) is 0 Å².